The van der Waals surface area contributed by atoms with Crippen LogP contribution in [0.4, 0.5) is 11.4 Å². The van der Waals surface area contributed by atoms with Crippen molar-refractivity contribution < 1.29 is 0 Å². The Morgan fingerprint density at radius 3 is 2.12 bits per heavy atom. The van der Waals surface area contributed by atoms with E-state index in [2.05, 4.69) is 73.6 Å². The van der Waals surface area contributed by atoms with E-state index in [1.807, 2.05) is 0 Å². The highest BCUT2D eigenvalue weighted by Gasteiger charge is 2.40. The molecule has 1 saturated carbocycles. The van der Waals surface area contributed by atoms with Gasteiger partial charge in [0.25, 0.3) is 0 Å². The van der Waals surface area contributed by atoms with Crippen molar-refractivity contribution in [3.8, 4) is 6.07 Å². The zero-order valence-electron chi connectivity index (χ0n) is 21.9. The summed E-state index contributed by atoms with van der Waals surface area (Å²) in [6.45, 7) is 20.1. The van der Waals surface area contributed by atoms with E-state index in [0.29, 0.717) is 16.7 Å². The number of benzene rings is 1. The SMILES string of the molecule is CCCN1CCN(c2ccc(N3CCC(C#N)CC3)cc2C2CC(C)(C)CC(C)(C)C2)CC1. The van der Waals surface area contributed by atoms with E-state index in [1.165, 1.54) is 56.7 Å². The highest BCUT2D eigenvalue weighted by Crippen LogP contribution is 2.53. The maximum absolute atomic E-state index is 9.32. The smallest absolute Gasteiger partial charge is 0.0657 e. The number of piperazine rings is 1. The van der Waals surface area contributed by atoms with Crippen LogP contribution in [0.5, 0.6) is 0 Å². The van der Waals surface area contributed by atoms with Crippen molar-refractivity contribution in [2.75, 3.05) is 55.6 Å². The van der Waals surface area contributed by atoms with Gasteiger partial charge in [0.15, 0.2) is 0 Å². The van der Waals surface area contributed by atoms with Gasteiger partial charge in [-0.1, -0.05) is 34.6 Å². The first-order valence-corrected chi connectivity index (χ1v) is 13.5. The molecule has 3 fully saturated rings. The largest absolute Gasteiger partial charge is 0.371 e. The molecular weight excluding hydrogens is 404 g/mol. The predicted octanol–water partition coefficient (Wildman–Crippen LogP) is 6.28. The third-order valence-corrected chi connectivity index (χ3v) is 8.30. The van der Waals surface area contributed by atoms with Crippen LogP contribution in [-0.4, -0.2) is 50.7 Å². The van der Waals surface area contributed by atoms with Gasteiger partial charge in [-0.25, -0.2) is 0 Å². The summed E-state index contributed by atoms with van der Waals surface area (Å²) in [7, 11) is 0. The summed E-state index contributed by atoms with van der Waals surface area (Å²) in [6, 6.07) is 9.83. The fourth-order valence-corrected chi connectivity index (χ4v) is 7.21. The number of hydrogen-bond acceptors (Lipinski definition) is 4. The molecule has 0 amide bonds. The Morgan fingerprint density at radius 2 is 1.55 bits per heavy atom. The van der Waals surface area contributed by atoms with Crippen LogP contribution in [0, 0.1) is 28.1 Å². The third-order valence-electron chi connectivity index (χ3n) is 8.30. The minimum Gasteiger partial charge on any atom is -0.371 e. The molecule has 2 heterocycles. The molecule has 4 rings (SSSR count). The van der Waals surface area contributed by atoms with Crippen LogP contribution in [0.1, 0.15) is 84.6 Å². The molecule has 0 bridgehead atoms. The maximum atomic E-state index is 9.32. The summed E-state index contributed by atoms with van der Waals surface area (Å²) in [5.41, 5.74) is 5.20. The zero-order valence-corrected chi connectivity index (χ0v) is 21.9. The summed E-state index contributed by atoms with van der Waals surface area (Å²) < 4.78 is 0. The Kier molecular flexibility index (Phi) is 7.29. The lowest BCUT2D eigenvalue weighted by Gasteiger charge is -2.46. The first-order chi connectivity index (χ1) is 15.7. The number of nitrogens with zero attached hydrogens (tertiary/aromatic N) is 4. The molecule has 3 aliphatic rings. The minimum absolute atomic E-state index is 0.236. The van der Waals surface area contributed by atoms with Crippen molar-refractivity contribution in [1.29, 1.82) is 5.26 Å². The highest BCUT2D eigenvalue weighted by molar-refractivity contribution is 5.64. The van der Waals surface area contributed by atoms with Gasteiger partial charge in [-0.2, -0.15) is 5.26 Å². The summed E-state index contributed by atoms with van der Waals surface area (Å²) in [5.74, 6) is 0.850. The molecule has 0 N–H and O–H groups in total. The molecule has 1 aromatic rings. The molecule has 0 aromatic heterocycles. The van der Waals surface area contributed by atoms with E-state index in [1.54, 1.807) is 5.56 Å². The van der Waals surface area contributed by atoms with E-state index in [-0.39, 0.29) is 5.92 Å². The van der Waals surface area contributed by atoms with Crippen molar-refractivity contribution in [2.24, 2.45) is 16.7 Å². The molecule has 0 spiro atoms. The van der Waals surface area contributed by atoms with Crippen LogP contribution in [0.25, 0.3) is 0 Å². The van der Waals surface area contributed by atoms with Crippen LogP contribution < -0.4 is 9.80 Å². The molecule has 0 unspecified atom stereocenters. The van der Waals surface area contributed by atoms with Crippen molar-refractivity contribution in [1.82, 2.24) is 4.90 Å². The molecule has 4 heteroatoms. The average molecular weight is 451 g/mol. The first-order valence-electron chi connectivity index (χ1n) is 13.5. The van der Waals surface area contributed by atoms with Gasteiger partial charge in [-0.3, -0.25) is 4.90 Å². The highest BCUT2D eigenvalue weighted by atomic mass is 15.3. The number of anilines is 2. The Bertz CT molecular complexity index is 820. The summed E-state index contributed by atoms with van der Waals surface area (Å²) in [4.78, 5) is 7.82. The lowest BCUT2D eigenvalue weighted by atomic mass is 9.60. The summed E-state index contributed by atoms with van der Waals surface area (Å²) >= 11 is 0. The molecule has 2 saturated heterocycles. The standard InChI is InChI=1S/C29H46N4/c1-6-11-31-14-16-33(17-15-31)27-8-7-25(32-12-9-23(21-30)10-13-32)18-26(27)24-19-28(2,3)22-29(4,5)20-24/h7-8,18,23-24H,6,9-17,19-20,22H2,1-5H3. The topological polar surface area (TPSA) is 33.5 Å². The van der Waals surface area contributed by atoms with Crippen LogP contribution >= 0.6 is 0 Å². The molecular formula is C29H46N4. The van der Waals surface area contributed by atoms with Crippen molar-refractivity contribution in [3.05, 3.63) is 23.8 Å². The van der Waals surface area contributed by atoms with Gasteiger partial charge in [0.1, 0.15) is 0 Å². The van der Waals surface area contributed by atoms with Crippen LogP contribution in [0.3, 0.4) is 0 Å². The molecule has 0 atom stereocenters. The lowest BCUT2D eigenvalue weighted by Crippen LogP contribution is -2.47. The number of piperidine rings is 1. The number of hydrogen-bond donors (Lipinski definition) is 0. The Morgan fingerprint density at radius 1 is 0.909 bits per heavy atom. The minimum atomic E-state index is 0.236. The van der Waals surface area contributed by atoms with Gasteiger partial charge < -0.3 is 9.80 Å². The van der Waals surface area contributed by atoms with E-state index < -0.39 is 0 Å². The average Bonchev–Trinajstić information content (AvgIpc) is 2.77. The van der Waals surface area contributed by atoms with Crippen LogP contribution in [0.15, 0.2) is 18.2 Å². The second-order valence-electron chi connectivity index (χ2n) is 12.6. The molecule has 33 heavy (non-hydrogen) atoms. The first kappa shape index (κ1) is 24.4. The molecule has 4 nitrogen and oxygen atoms in total. The molecule has 1 aliphatic carbocycles. The van der Waals surface area contributed by atoms with E-state index in [0.717, 1.165) is 39.0 Å². The summed E-state index contributed by atoms with van der Waals surface area (Å²) in [6.07, 6.45) is 7.10. The Labute approximate surface area is 202 Å². The predicted molar refractivity (Wildman–Crippen MR) is 140 cm³/mol. The molecule has 1 aromatic carbocycles. The van der Waals surface area contributed by atoms with Crippen molar-refractivity contribution in [2.45, 2.75) is 79.1 Å². The number of rotatable bonds is 5. The Hall–Kier alpha value is -1.73. The number of nitriles is 1. The second-order valence-corrected chi connectivity index (χ2v) is 12.6. The summed E-state index contributed by atoms with van der Waals surface area (Å²) in [5, 5.41) is 9.32. The third kappa shape index (κ3) is 5.86. The van der Waals surface area contributed by atoms with E-state index in [9.17, 15) is 5.26 Å². The monoisotopic (exact) mass is 450 g/mol. The van der Waals surface area contributed by atoms with Crippen LogP contribution in [-0.2, 0) is 0 Å². The van der Waals surface area contributed by atoms with Gasteiger partial charge in [-0.05, 0) is 85.6 Å². The second kappa shape index (κ2) is 9.87. The van der Waals surface area contributed by atoms with Crippen LogP contribution in [0.2, 0.25) is 0 Å². The quantitative estimate of drug-likeness (QED) is 0.529. The van der Waals surface area contributed by atoms with Gasteiger partial charge in [0.2, 0.25) is 0 Å². The fourth-order valence-electron chi connectivity index (χ4n) is 7.21. The Balaban J connectivity index is 1.63. The van der Waals surface area contributed by atoms with E-state index >= 15 is 0 Å². The van der Waals surface area contributed by atoms with Crippen molar-refractivity contribution >= 4 is 11.4 Å². The maximum Gasteiger partial charge on any atom is 0.0657 e. The molecule has 2 aliphatic heterocycles. The fraction of sp³-hybridized carbons (Fsp3) is 0.759. The van der Waals surface area contributed by atoms with Gasteiger partial charge >= 0.3 is 0 Å². The lowest BCUT2D eigenvalue weighted by molar-refractivity contribution is 0.0970. The normalized spacial score (nSPS) is 24.6. The van der Waals surface area contributed by atoms with E-state index in [4.69, 9.17) is 0 Å². The van der Waals surface area contributed by atoms with Crippen molar-refractivity contribution in [3.63, 3.8) is 0 Å². The molecule has 182 valence electrons. The molecule has 0 radical (unpaired) electrons. The van der Waals surface area contributed by atoms with Gasteiger partial charge in [0, 0.05) is 56.6 Å². The van der Waals surface area contributed by atoms with Gasteiger partial charge in [-0.15, -0.1) is 0 Å². The van der Waals surface area contributed by atoms with Gasteiger partial charge in [0.05, 0.1) is 6.07 Å². The zero-order chi connectivity index (χ0) is 23.6.